The molecule has 1 saturated heterocycles. The highest BCUT2D eigenvalue weighted by Gasteiger charge is 2.19. The number of nitrogens with zero attached hydrogens (tertiary/aromatic N) is 2. The molecule has 1 unspecified atom stereocenters. The van der Waals surface area contributed by atoms with Crippen LogP contribution in [-0.2, 0) is 0 Å². The Hall–Kier alpha value is -1.82. The molecule has 1 aliphatic heterocycles. The Morgan fingerprint density at radius 2 is 2.37 bits per heavy atom. The number of nitrogens with one attached hydrogen (secondary N) is 1. The van der Waals surface area contributed by atoms with Crippen LogP contribution in [0.3, 0.4) is 0 Å². The van der Waals surface area contributed by atoms with Crippen LogP contribution in [0.1, 0.15) is 12.8 Å². The molecule has 1 atom stereocenters. The number of hydrogen-bond donors (Lipinski definition) is 1. The number of benzene rings is 1. The van der Waals surface area contributed by atoms with E-state index in [0.29, 0.717) is 11.8 Å². The number of methoxy groups -OCH3 is 1. The van der Waals surface area contributed by atoms with E-state index < -0.39 is 4.92 Å². The van der Waals surface area contributed by atoms with Gasteiger partial charge in [-0.25, -0.2) is 0 Å². The number of anilines is 1. The number of hydrogen-bond acceptors (Lipinski definition) is 5. The molecule has 0 bridgehead atoms. The van der Waals surface area contributed by atoms with Crippen molar-refractivity contribution in [3.8, 4) is 5.75 Å². The summed E-state index contributed by atoms with van der Waals surface area (Å²) in [5, 5.41) is 14.3. The molecule has 19 heavy (non-hydrogen) atoms. The van der Waals surface area contributed by atoms with Gasteiger partial charge in [0, 0.05) is 37.5 Å². The van der Waals surface area contributed by atoms with Gasteiger partial charge < -0.3 is 15.0 Å². The van der Waals surface area contributed by atoms with Gasteiger partial charge in [0.2, 0.25) is 0 Å². The van der Waals surface area contributed by atoms with E-state index in [0.717, 1.165) is 18.8 Å². The summed E-state index contributed by atoms with van der Waals surface area (Å²) in [6, 6.07) is 5.46. The maximum atomic E-state index is 10.8. The largest absolute Gasteiger partial charge is 0.490 e. The number of rotatable bonds is 5. The van der Waals surface area contributed by atoms with Crippen molar-refractivity contribution in [2.24, 2.45) is 0 Å². The minimum absolute atomic E-state index is 0.00126. The molecule has 0 aromatic heterocycles. The first kappa shape index (κ1) is 13.6. The van der Waals surface area contributed by atoms with E-state index in [2.05, 4.69) is 10.2 Å². The van der Waals surface area contributed by atoms with Gasteiger partial charge in [-0.2, -0.15) is 0 Å². The van der Waals surface area contributed by atoms with Gasteiger partial charge >= 0.3 is 5.69 Å². The van der Waals surface area contributed by atoms with Crippen molar-refractivity contribution < 1.29 is 9.66 Å². The molecule has 0 radical (unpaired) electrons. The van der Waals surface area contributed by atoms with Crippen molar-refractivity contribution in [3.05, 3.63) is 28.3 Å². The van der Waals surface area contributed by atoms with Gasteiger partial charge in [-0.3, -0.25) is 10.1 Å². The molecule has 0 amide bonds. The fraction of sp³-hybridized carbons (Fsp3) is 0.538. The molecular formula is C13H19N3O3. The topological polar surface area (TPSA) is 67.6 Å². The normalized spacial score (nSPS) is 18.3. The van der Waals surface area contributed by atoms with Crippen LogP contribution in [0.2, 0.25) is 0 Å². The lowest BCUT2D eigenvalue weighted by Gasteiger charge is -2.23. The lowest BCUT2D eigenvalue weighted by Crippen LogP contribution is -2.35. The average molecular weight is 265 g/mol. The molecule has 6 heteroatoms. The Morgan fingerprint density at radius 1 is 1.58 bits per heavy atom. The van der Waals surface area contributed by atoms with Crippen molar-refractivity contribution >= 4 is 11.4 Å². The maximum Gasteiger partial charge on any atom is 0.311 e. The number of ether oxygens (including phenoxy) is 1. The van der Waals surface area contributed by atoms with Crippen LogP contribution in [0, 0.1) is 10.1 Å². The molecule has 0 saturated carbocycles. The molecule has 0 aliphatic carbocycles. The highest BCUT2D eigenvalue weighted by atomic mass is 16.6. The van der Waals surface area contributed by atoms with Crippen LogP contribution in [-0.4, -0.2) is 38.2 Å². The van der Waals surface area contributed by atoms with E-state index in [4.69, 9.17) is 4.74 Å². The molecule has 1 aromatic rings. The molecule has 1 aliphatic rings. The lowest BCUT2D eigenvalue weighted by atomic mass is 10.2. The molecule has 104 valence electrons. The summed E-state index contributed by atoms with van der Waals surface area (Å²) in [7, 11) is 3.44. The Balaban J connectivity index is 2.13. The third kappa shape index (κ3) is 3.14. The smallest absolute Gasteiger partial charge is 0.311 e. The second-order valence-electron chi connectivity index (χ2n) is 4.79. The predicted molar refractivity (Wildman–Crippen MR) is 73.9 cm³/mol. The van der Waals surface area contributed by atoms with Crippen LogP contribution in [0.5, 0.6) is 5.75 Å². The van der Waals surface area contributed by atoms with Crippen LogP contribution < -0.4 is 15.0 Å². The van der Waals surface area contributed by atoms with Gasteiger partial charge in [0.25, 0.3) is 0 Å². The van der Waals surface area contributed by atoms with Crippen molar-refractivity contribution in [1.82, 2.24) is 5.32 Å². The van der Waals surface area contributed by atoms with E-state index in [1.165, 1.54) is 26.0 Å². The van der Waals surface area contributed by atoms with Crippen LogP contribution in [0.15, 0.2) is 18.2 Å². The lowest BCUT2D eigenvalue weighted by molar-refractivity contribution is -0.385. The summed E-state index contributed by atoms with van der Waals surface area (Å²) >= 11 is 0. The van der Waals surface area contributed by atoms with Gasteiger partial charge in [-0.1, -0.05) is 0 Å². The summed E-state index contributed by atoms with van der Waals surface area (Å²) in [6.07, 6.45) is 2.39. The first-order valence-electron chi connectivity index (χ1n) is 6.38. The van der Waals surface area contributed by atoms with Gasteiger partial charge in [-0.05, 0) is 25.5 Å². The molecule has 0 spiro atoms. The predicted octanol–water partition coefficient (Wildman–Crippen LogP) is 1.79. The maximum absolute atomic E-state index is 10.8. The zero-order valence-corrected chi connectivity index (χ0v) is 11.3. The van der Waals surface area contributed by atoms with E-state index in [1.54, 1.807) is 12.1 Å². The summed E-state index contributed by atoms with van der Waals surface area (Å²) in [5.41, 5.74) is 0.926. The molecule has 1 aromatic carbocycles. The zero-order chi connectivity index (χ0) is 13.8. The fourth-order valence-corrected chi connectivity index (χ4v) is 2.40. The van der Waals surface area contributed by atoms with Crippen molar-refractivity contribution in [2.75, 3.05) is 32.1 Å². The fourth-order valence-electron chi connectivity index (χ4n) is 2.40. The molecule has 6 nitrogen and oxygen atoms in total. The molecular weight excluding hydrogens is 246 g/mol. The van der Waals surface area contributed by atoms with Gasteiger partial charge in [0.05, 0.1) is 12.0 Å². The SMILES string of the molecule is COc1cc(N(C)CC2CCCN2)ccc1[N+](=O)[O-]. The summed E-state index contributed by atoms with van der Waals surface area (Å²) in [6.45, 7) is 1.96. The third-order valence-corrected chi connectivity index (χ3v) is 3.46. The Bertz CT molecular complexity index is 458. The van der Waals surface area contributed by atoms with Crippen LogP contribution in [0.4, 0.5) is 11.4 Å². The highest BCUT2D eigenvalue weighted by Crippen LogP contribution is 2.31. The molecule has 2 rings (SSSR count). The first-order chi connectivity index (χ1) is 9.11. The van der Waals surface area contributed by atoms with Crippen molar-refractivity contribution in [3.63, 3.8) is 0 Å². The average Bonchev–Trinajstić information content (AvgIpc) is 2.90. The zero-order valence-electron chi connectivity index (χ0n) is 11.3. The van der Waals surface area contributed by atoms with E-state index >= 15 is 0 Å². The second-order valence-corrected chi connectivity index (χ2v) is 4.79. The van der Waals surface area contributed by atoms with Crippen molar-refractivity contribution in [2.45, 2.75) is 18.9 Å². The van der Waals surface area contributed by atoms with E-state index in [1.807, 2.05) is 7.05 Å². The van der Waals surface area contributed by atoms with Gasteiger partial charge in [0.1, 0.15) is 0 Å². The third-order valence-electron chi connectivity index (χ3n) is 3.46. The number of likely N-dealkylation sites (N-methyl/N-ethyl adjacent to an activating group) is 1. The Morgan fingerprint density at radius 3 is 2.95 bits per heavy atom. The summed E-state index contributed by atoms with van der Waals surface area (Å²) in [4.78, 5) is 12.5. The van der Waals surface area contributed by atoms with Crippen LogP contribution >= 0.6 is 0 Å². The molecule has 1 N–H and O–H groups in total. The summed E-state index contributed by atoms with van der Waals surface area (Å²) in [5.74, 6) is 0.300. The van der Waals surface area contributed by atoms with Crippen LogP contribution in [0.25, 0.3) is 0 Å². The Kier molecular flexibility index (Phi) is 4.21. The summed E-state index contributed by atoms with van der Waals surface area (Å²) < 4.78 is 5.08. The number of nitro groups is 1. The number of nitro benzene ring substituents is 1. The quantitative estimate of drug-likeness (QED) is 0.649. The highest BCUT2D eigenvalue weighted by molar-refractivity contribution is 5.59. The minimum Gasteiger partial charge on any atom is -0.490 e. The standard InChI is InChI=1S/C13H19N3O3/c1-15(9-10-4-3-7-14-10)11-5-6-12(16(17)18)13(8-11)19-2/h5-6,8,10,14H,3-4,7,9H2,1-2H3. The monoisotopic (exact) mass is 265 g/mol. The van der Waals surface area contributed by atoms with Gasteiger partial charge in [-0.15, -0.1) is 0 Å². The van der Waals surface area contributed by atoms with E-state index in [-0.39, 0.29) is 5.69 Å². The minimum atomic E-state index is -0.429. The van der Waals surface area contributed by atoms with Gasteiger partial charge in [0.15, 0.2) is 5.75 Å². The second kappa shape index (κ2) is 5.88. The Labute approximate surface area is 112 Å². The van der Waals surface area contributed by atoms with E-state index in [9.17, 15) is 10.1 Å². The molecule has 1 fully saturated rings. The first-order valence-corrected chi connectivity index (χ1v) is 6.38. The molecule has 1 heterocycles. The van der Waals surface area contributed by atoms with Crippen molar-refractivity contribution in [1.29, 1.82) is 0 Å².